The van der Waals surface area contributed by atoms with Gasteiger partial charge in [0.1, 0.15) is 16.9 Å². The second-order valence-corrected chi connectivity index (χ2v) is 8.54. The summed E-state index contributed by atoms with van der Waals surface area (Å²) in [5.41, 5.74) is 12.6. The van der Waals surface area contributed by atoms with Crippen LogP contribution in [0.4, 0.5) is 5.82 Å². The molecular weight excluding hydrogens is 406 g/mol. The van der Waals surface area contributed by atoms with E-state index in [0.717, 1.165) is 27.2 Å². The van der Waals surface area contributed by atoms with Crippen LogP contribution in [0, 0.1) is 13.8 Å². The van der Waals surface area contributed by atoms with Gasteiger partial charge in [0.05, 0.1) is 17.6 Å². The van der Waals surface area contributed by atoms with Gasteiger partial charge in [0.15, 0.2) is 5.65 Å². The molecule has 1 amide bonds. The quantitative estimate of drug-likeness (QED) is 0.433. The average molecular weight is 428 g/mol. The van der Waals surface area contributed by atoms with Crippen molar-refractivity contribution in [2.75, 3.05) is 5.73 Å². The maximum Gasteiger partial charge on any atom is 0.257 e. The number of hydrogen-bond donors (Lipinski definition) is 2. The largest absolute Gasteiger partial charge is 0.384 e. The molecule has 3 N–H and O–H groups in total. The van der Waals surface area contributed by atoms with Gasteiger partial charge in [-0.15, -0.1) is 11.3 Å². The van der Waals surface area contributed by atoms with Gasteiger partial charge in [-0.25, -0.2) is 9.97 Å². The molecule has 0 aliphatic carbocycles. The van der Waals surface area contributed by atoms with Crippen LogP contribution in [0.2, 0.25) is 0 Å². The number of para-hydroxylation sites is 2. The van der Waals surface area contributed by atoms with Gasteiger partial charge in [0.2, 0.25) is 0 Å². The van der Waals surface area contributed by atoms with Crippen LogP contribution in [-0.4, -0.2) is 20.4 Å². The highest BCUT2D eigenvalue weighted by molar-refractivity contribution is 7.09. The molecule has 6 nitrogen and oxygen atoms in total. The Labute approximate surface area is 183 Å². The number of aryl methyl sites for hydroxylation is 2. The van der Waals surface area contributed by atoms with Crippen molar-refractivity contribution in [3.05, 3.63) is 81.5 Å². The fourth-order valence-electron chi connectivity index (χ4n) is 3.68. The van der Waals surface area contributed by atoms with E-state index in [9.17, 15) is 4.79 Å². The Kier molecular flexibility index (Phi) is 4.67. The Morgan fingerprint density at radius 3 is 2.52 bits per heavy atom. The number of amides is 1. The predicted octanol–water partition coefficient (Wildman–Crippen LogP) is 4.76. The SMILES string of the molecule is Cc1ccc(-n2c(N)c(C(=O)NCc3cccs3)c3nc4ccccc4nc32)cc1C. The normalized spacial score (nSPS) is 11.3. The molecule has 0 bridgehead atoms. The number of hydrogen-bond acceptors (Lipinski definition) is 5. The van der Waals surface area contributed by atoms with Gasteiger partial charge in [-0.1, -0.05) is 24.3 Å². The lowest BCUT2D eigenvalue weighted by atomic mass is 10.1. The summed E-state index contributed by atoms with van der Waals surface area (Å²) in [4.78, 5) is 23.9. The third-order valence-electron chi connectivity index (χ3n) is 5.48. The summed E-state index contributed by atoms with van der Waals surface area (Å²) in [7, 11) is 0. The second kappa shape index (κ2) is 7.52. The molecule has 0 aliphatic rings. The number of nitrogens with one attached hydrogen (secondary N) is 1. The minimum absolute atomic E-state index is 0.261. The highest BCUT2D eigenvalue weighted by atomic mass is 32.1. The number of fused-ring (bicyclic) bond motifs is 2. The Morgan fingerprint density at radius 2 is 1.81 bits per heavy atom. The summed E-state index contributed by atoms with van der Waals surface area (Å²) in [5, 5.41) is 4.96. The Hall–Kier alpha value is -3.71. The van der Waals surface area contributed by atoms with Crippen LogP contribution in [0.15, 0.2) is 60.0 Å². The van der Waals surface area contributed by atoms with Gasteiger partial charge in [0, 0.05) is 10.6 Å². The van der Waals surface area contributed by atoms with Gasteiger partial charge in [-0.3, -0.25) is 9.36 Å². The van der Waals surface area contributed by atoms with E-state index in [2.05, 4.69) is 25.2 Å². The monoisotopic (exact) mass is 427 g/mol. The van der Waals surface area contributed by atoms with Crippen LogP contribution in [0.5, 0.6) is 0 Å². The number of carbonyl (C=O) groups is 1. The van der Waals surface area contributed by atoms with Crippen molar-refractivity contribution in [1.82, 2.24) is 19.9 Å². The Balaban J connectivity index is 1.72. The number of anilines is 1. The molecule has 5 aromatic rings. The van der Waals surface area contributed by atoms with E-state index in [1.165, 1.54) is 5.56 Å². The molecule has 3 heterocycles. The van der Waals surface area contributed by atoms with Gasteiger partial charge in [0.25, 0.3) is 5.91 Å². The molecule has 0 spiro atoms. The van der Waals surface area contributed by atoms with Crippen LogP contribution >= 0.6 is 11.3 Å². The van der Waals surface area contributed by atoms with Crippen molar-refractivity contribution >= 4 is 45.3 Å². The summed E-state index contributed by atoms with van der Waals surface area (Å²) < 4.78 is 1.82. The van der Waals surface area contributed by atoms with Crippen molar-refractivity contribution in [2.45, 2.75) is 20.4 Å². The first-order valence-corrected chi connectivity index (χ1v) is 10.9. The van der Waals surface area contributed by atoms with Crippen molar-refractivity contribution in [3.63, 3.8) is 0 Å². The fourth-order valence-corrected chi connectivity index (χ4v) is 4.32. The second-order valence-electron chi connectivity index (χ2n) is 7.51. The van der Waals surface area contributed by atoms with Crippen LogP contribution in [0.1, 0.15) is 26.4 Å². The summed E-state index contributed by atoms with van der Waals surface area (Å²) in [6, 6.07) is 17.7. The molecule has 0 unspecified atom stereocenters. The van der Waals surface area contributed by atoms with Crippen LogP contribution in [-0.2, 0) is 6.54 Å². The zero-order chi connectivity index (χ0) is 21.5. The van der Waals surface area contributed by atoms with Gasteiger partial charge in [-0.2, -0.15) is 0 Å². The third kappa shape index (κ3) is 3.33. The van der Waals surface area contributed by atoms with Crippen LogP contribution in [0.25, 0.3) is 27.9 Å². The molecule has 31 heavy (non-hydrogen) atoms. The van der Waals surface area contributed by atoms with Gasteiger partial charge < -0.3 is 11.1 Å². The van der Waals surface area contributed by atoms with E-state index < -0.39 is 0 Å². The summed E-state index contributed by atoms with van der Waals surface area (Å²) in [5.74, 6) is 0.0697. The van der Waals surface area contributed by atoms with E-state index in [4.69, 9.17) is 15.7 Å². The molecule has 0 radical (unpaired) electrons. The number of nitrogens with two attached hydrogens (primary N) is 1. The van der Waals surface area contributed by atoms with E-state index in [-0.39, 0.29) is 5.91 Å². The highest BCUT2D eigenvalue weighted by Gasteiger charge is 2.25. The van der Waals surface area contributed by atoms with E-state index in [1.54, 1.807) is 11.3 Å². The van der Waals surface area contributed by atoms with E-state index in [0.29, 0.717) is 29.1 Å². The first-order valence-electron chi connectivity index (χ1n) is 9.98. The maximum absolute atomic E-state index is 13.2. The standard InChI is InChI=1S/C24H21N5OS/c1-14-9-10-16(12-15(14)2)29-22(25)20(24(30)26-13-17-6-5-11-31-17)21-23(29)28-19-8-4-3-7-18(19)27-21/h3-12H,13,25H2,1-2H3,(H,26,30). The first-order chi connectivity index (χ1) is 15.0. The molecule has 5 rings (SSSR count). The van der Waals surface area contributed by atoms with Crippen molar-refractivity contribution < 1.29 is 4.79 Å². The molecule has 7 heteroatoms. The zero-order valence-corrected chi connectivity index (χ0v) is 18.0. The molecule has 0 aliphatic heterocycles. The lowest BCUT2D eigenvalue weighted by Gasteiger charge is -2.10. The molecule has 3 aromatic heterocycles. The molecule has 0 fully saturated rings. The fraction of sp³-hybridized carbons (Fsp3) is 0.125. The summed E-state index contributed by atoms with van der Waals surface area (Å²) >= 11 is 1.60. The zero-order valence-electron chi connectivity index (χ0n) is 17.2. The topological polar surface area (TPSA) is 85.8 Å². The van der Waals surface area contributed by atoms with E-state index >= 15 is 0 Å². The number of benzene rings is 2. The summed E-state index contributed by atoms with van der Waals surface area (Å²) in [6.45, 7) is 4.55. The number of thiophene rings is 1. The van der Waals surface area contributed by atoms with E-state index in [1.807, 2.05) is 58.5 Å². The number of nitrogens with zero attached hydrogens (tertiary/aromatic N) is 3. The molecule has 2 aromatic carbocycles. The molecule has 0 saturated carbocycles. The van der Waals surface area contributed by atoms with Crippen LogP contribution in [0.3, 0.4) is 0 Å². The molecule has 154 valence electrons. The van der Waals surface area contributed by atoms with Gasteiger partial charge >= 0.3 is 0 Å². The minimum atomic E-state index is -0.261. The number of aromatic nitrogens is 3. The molecule has 0 atom stereocenters. The number of nitrogen functional groups attached to an aromatic ring is 1. The third-order valence-corrected chi connectivity index (χ3v) is 6.35. The summed E-state index contributed by atoms with van der Waals surface area (Å²) in [6.07, 6.45) is 0. The predicted molar refractivity (Wildman–Crippen MR) is 126 cm³/mol. The van der Waals surface area contributed by atoms with Crippen molar-refractivity contribution in [3.8, 4) is 5.69 Å². The smallest absolute Gasteiger partial charge is 0.257 e. The lowest BCUT2D eigenvalue weighted by molar-refractivity contribution is 0.0953. The van der Waals surface area contributed by atoms with Gasteiger partial charge in [-0.05, 0) is 60.7 Å². The Morgan fingerprint density at radius 1 is 1.03 bits per heavy atom. The minimum Gasteiger partial charge on any atom is -0.384 e. The molecule has 0 saturated heterocycles. The highest BCUT2D eigenvalue weighted by Crippen LogP contribution is 2.31. The molecular formula is C24H21N5OS. The average Bonchev–Trinajstić information content (AvgIpc) is 3.38. The number of carbonyl (C=O) groups excluding carboxylic acids is 1. The maximum atomic E-state index is 13.2. The van der Waals surface area contributed by atoms with Crippen LogP contribution < -0.4 is 11.1 Å². The first kappa shape index (κ1) is 19.3. The van der Waals surface area contributed by atoms with Crippen molar-refractivity contribution in [1.29, 1.82) is 0 Å². The Bertz CT molecular complexity index is 1440. The number of rotatable bonds is 4. The van der Waals surface area contributed by atoms with Crippen molar-refractivity contribution in [2.24, 2.45) is 0 Å². The lowest BCUT2D eigenvalue weighted by Crippen LogP contribution is -2.23.